The Morgan fingerprint density at radius 3 is 2.65 bits per heavy atom. The molecule has 5 heteroatoms. The minimum Gasteiger partial charge on any atom is -0.391 e. The quantitative estimate of drug-likeness (QED) is 0.907. The number of nitrogens with zero attached hydrogens (tertiary/aromatic N) is 2. The van der Waals surface area contributed by atoms with E-state index in [-0.39, 0.29) is 6.61 Å². The third-order valence-electron chi connectivity index (χ3n) is 2.44. The van der Waals surface area contributed by atoms with Crippen molar-refractivity contribution in [3.63, 3.8) is 0 Å². The molecule has 0 aliphatic carbocycles. The van der Waals surface area contributed by atoms with Crippen LogP contribution in [0.5, 0.6) is 0 Å². The molecular formula is C12H13ClN2O2. The van der Waals surface area contributed by atoms with Gasteiger partial charge in [0.15, 0.2) is 0 Å². The Labute approximate surface area is 104 Å². The number of hydrogen-bond donors (Lipinski definition) is 1. The first kappa shape index (κ1) is 12.1. The van der Waals surface area contributed by atoms with Gasteiger partial charge in [0.1, 0.15) is 5.15 Å². The van der Waals surface area contributed by atoms with Crippen LogP contribution in [0.3, 0.4) is 0 Å². The van der Waals surface area contributed by atoms with Gasteiger partial charge in [0, 0.05) is 12.7 Å². The summed E-state index contributed by atoms with van der Waals surface area (Å²) < 4.78 is 6.63. The van der Waals surface area contributed by atoms with E-state index in [1.165, 1.54) is 0 Å². The molecule has 2 rings (SSSR count). The molecule has 0 unspecified atom stereocenters. The second-order valence-electron chi connectivity index (χ2n) is 3.55. The lowest BCUT2D eigenvalue weighted by atomic mass is 10.3. The van der Waals surface area contributed by atoms with Crippen molar-refractivity contribution in [2.75, 3.05) is 7.11 Å². The van der Waals surface area contributed by atoms with Crippen LogP contribution < -0.4 is 0 Å². The number of aromatic nitrogens is 2. The number of ether oxygens (including phenoxy) is 1. The van der Waals surface area contributed by atoms with Crippen LogP contribution in [-0.2, 0) is 18.0 Å². The smallest absolute Gasteiger partial charge is 0.138 e. The second-order valence-corrected chi connectivity index (χ2v) is 3.91. The Balaban J connectivity index is 2.49. The van der Waals surface area contributed by atoms with Crippen LogP contribution in [0.15, 0.2) is 30.3 Å². The average molecular weight is 253 g/mol. The minimum absolute atomic E-state index is 0.148. The van der Waals surface area contributed by atoms with Crippen molar-refractivity contribution in [3.05, 3.63) is 46.7 Å². The summed E-state index contributed by atoms with van der Waals surface area (Å²) in [5, 5.41) is 14.1. The number of benzene rings is 1. The van der Waals surface area contributed by atoms with Crippen molar-refractivity contribution in [1.29, 1.82) is 0 Å². The van der Waals surface area contributed by atoms with Crippen LogP contribution in [0, 0.1) is 0 Å². The molecule has 0 atom stereocenters. The molecule has 0 aliphatic rings. The first-order valence-corrected chi connectivity index (χ1v) is 5.57. The van der Waals surface area contributed by atoms with Gasteiger partial charge >= 0.3 is 0 Å². The van der Waals surface area contributed by atoms with Gasteiger partial charge in [-0.05, 0) is 12.1 Å². The Morgan fingerprint density at radius 1 is 1.35 bits per heavy atom. The molecule has 0 amide bonds. The molecule has 0 aliphatic heterocycles. The van der Waals surface area contributed by atoms with E-state index in [4.69, 9.17) is 16.3 Å². The van der Waals surface area contributed by atoms with Gasteiger partial charge in [-0.1, -0.05) is 29.8 Å². The highest BCUT2D eigenvalue weighted by atomic mass is 35.5. The molecule has 0 saturated carbocycles. The Hall–Kier alpha value is -1.36. The van der Waals surface area contributed by atoms with Crippen LogP contribution in [0.2, 0.25) is 5.15 Å². The molecule has 2 aromatic rings. The fourth-order valence-electron chi connectivity index (χ4n) is 1.62. The molecular weight excluding hydrogens is 240 g/mol. The summed E-state index contributed by atoms with van der Waals surface area (Å²) in [6.07, 6.45) is 0. The summed E-state index contributed by atoms with van der Waals surface area (Å²) in [6, 6.07) is 9.53. The van der Waals surface area contributed by atoms with Crippen LogP contribution >= 0.6 is 11.6 Å². The molecule has 90 valence electrons. The van der Waals surface area contributed by atoms with Crippen LogP contribution in [0.25, 0.3) is 5.69 Å². The third kappa shape index (κ3) is 2.34. The summed E-state index contributed by atoms with van der Waals surface area (Å²) in [6.45, 7) is 0.180. The fraction of sp³-hybridized carbons (Fsp3) is 0.250. The van der Waals surface area contributed by atoms with E-state index in [9.17, 15) is 5.11 Å². The highest BCUT2D eigenvalue weighted by Gasteiger charge is 2.16. The van der Waals surface area contributed by atoms with Gasteiger partial charge in [0.25, 0.3) is 0 Å². The lowest BCUT2D eigenvalue weighted by molar-refractivity contribution is 0.178. The number of hydrogen-bond acceptors (Lipinski definition) is 3. The van der Waals surface area contributed by atoms with Gasteiger partial charge in [-0.15, -0.1) is 0 Å². The molecule has 0 spiro atoms. The van der Waals surface area contributed by atoms with Gasteiger partial charge in [-0.3, -0.25) is 0 Å². The van der Waals surface area contributed by atoms with Crippen molar-refractivity contribution in [2.45, 2.75) is 13.2 Å². The van der Waals surface area contributed by atoms with E-state index in [2.05, 4.69) is 5.10 Å². The van der Waals surface area contributed by atoms with E-state index in [0.29, 0.717) is 23.0 Å². The zero-order valence-corrected chi connectivity index (χ0v) is 10.2. The van der Waals surface area contributed by atoms with E-state index >= 15 is 0 Å². The van der Waals surface area contributed by atoms with Gasteiger partial charge in [0.2, 0.25) is 0 Å². The third-order valence-corrected chi connectivity index (χ3v) is 2.83. The number of methoxy groups -OCH3 is 1. The maximum Gasteiger partial charge on any atom is 0.138 e. The number of aliphatic hydroxyl groups excluding tert-OH is 1. The first-order valence-electron chi connectivity index (χ1n) is 5.19. The average Bonchev–Trinajstić information content (AvgIpc) is 2.67. The van der Waals surface area contributed by atoms with Crippen LogP contribution in [0.1, 0.15) is 11.3 Å². The predicted octanol–water partition coefficient (Wildman–Crippen LogP) is 2.16. The maximum atomic E-state index is 9.29. The van der Waals surface area contributed by atoms with Crippen molar-refractivity contribution in [1.82, 2.24) is 9.78 Å². The lowest BCUT2D eigenvalue weighted by Gasteiger charge is -2.01. The summed E-state index contributed by atoms with van der Waals surface area (Å²) in [5.41, 5.74) is 2.12. The van der Waals surface area contributed by atoms with Gasteiger partial charge in [-0.2, -0.15) is 5.10 Å². The van der Waals surface area contributed by atoms with Crippen LogP contribution in [0.4, 0.5) is 0 Å². The molecule has 1 N–H and O–H groups in total. The van der Waals surface area contributed by atoms with Crippen LogP contribution in [-0.4, -0.2) is 22.0 Å². The highest BCUT2D eigenvalue weighted by Crippen LogP contribution is 2.24. The molecule has 0 bridgehead atoms. The zero-order chi connectivity index (χ0) is 12.3. The maximum absolute atomic E-state index is 9.29. The summed E-state index contributed by atoms with van der Waals surface area (Å²) >= 11 is 6.18. The second kappa shape index (κ2) is 5.31. The normalized spacial score (nSPS) is 10.8. The van der Waals surface area contributed by atoms with E-state index in [1.54, 1.807) is 11.8 Å². The summed E-state index contributed by atoms with van der Waals surface area (Å²) in [5.74, 6) is 0. The molecule has 0 fully saturated rings. The molecule has 17 heavy (non-hydrogen) atoms. The van der Waals surface area contributed by atoms with Gasteiger partial charge < -0.3 is 9.84 Å². The summed E-state index contributed by atoms with van der Waals surface area (Å²) in [4.78, 5) is 0. The Morgan fingerprint density at radius 2 is 2.06 bits per heavy atom. The predicted molar refractivity (Wildman–Crippen MR) is 65.2 cm³/mol. The molecule has 1 aromatic carbocycles. The molecule has 1 aromatic heterocycles. The van der Waals surface area contributed by atoms with Crippen molar-refractivity contribution in [3.8, 4) is 5.69 Å². The number of halogens is 1. The van der Waals surface area contributed by atoms with E-state index < -0.39 is 0 Å². The lowest BCUT2D eigenvalue weighted by Crippen LogP contribution is -1.97. The summed E-state index contributed by atoms with van der Waals surface area (Å²) in [7, 11) is 1.58. The largest absolute Gasteiger partial charge is 0.391 e. The van der Waals surface area contributed by atoms with Crippen molar-refractivity contribution < 1.29 is 9.84 Å². The number of para-hydroxylation sites is 1. The monoisotopic (exact) mass is 252 g/mol. The van der Waals surface area contributed by atoms with Gasteiger partial charge in [-0.25, -0.2) is 4.68 Å². The van der Waals surface area contributed by atoms with E-state index in [1.807, 2.05) is 30.3 Å². The van der Waals surface area contributed by atoms with E-state index in [0.717, 1.165) is 5.69 Å². The van der Waals surface area contributed by atoms with Crippen molar-refractivity contribution >= 4 is 11.6 Å². The Bertz CT molecular complexity index is 497. The number of rotatable bonds is 4. The van der Waals surface area contributed by atoms with Crippen molar-refractivity contribution in [2.24, 2.45) is 0 Å². The molecule has 0 saturated heterocycles. The minimum atomic E-state index is -0.148. The fourth-order valence-corrected chi connectivity index (χ4v) is 1.93. The molecule has 4 nitrogen and oxygen atoms in total. The number of aliphatic hydroxyl groups is 1. The standard InChI is InChI=1S/C12H13ClN2O2/c1-17-8-11-10(7-16)12(13)15(14-11)9-5-3-2-4-6-9/h2-6,16H,7-8H2,1H3. The molecule has 0 radical (unpaired) electrons. The molecule has 1 heterocycles. The zero-order valence-electron chi connectivity index (χ0n) is 9.43. The van der Waals surface area contributed by atoms with Gasteiger partial charge in [0.05, 0.1) is 24.6 Å². The highest BCUT2D eigenvalue weighted by molar-refractivity contribution is 6.30. The Kier molecular flexibility index (Phi) is 3.78. The SMILES string of the molecule is COCc1nn(-c2ccccc2)c(Cl)c1CO. The first-order chi connectivity index (χ1) is 8.27. The topological polar surface area (TPSA) is 47.3 Å².